The number of hydrogen-bond donors (Lipinski definition) is 1. The van der Waals surface area contributed by atoms with E-state index in [2.05, 4.69) is 10.2 Å². The Bertz CT molecular complexity index is 506. The highest BCUT2D eigenvalue weighted by molar-refractivity contribution is 6.08. The summed E-state index contributed by atoms with van der Waals surface area (Å²) in [6, 6.07) is 5.67. The van der Waals surface area contributed by atoms with Crippen LogP contribution in [0.4, 0.5) is 0 Å². The van der Waals surface area contributed by atoms with Crippen molar-refractivity contribution in [3.63, 3.8) is 0 Å². The van der Waals surface area contributed by atoms with Crippen LogP contribution in [0.5, 0.6) is 0 Å². The Morgan fingerprint density at radius 1 is 1.33 bits per heavy atom. The number of carbonyl (C=O) groups excluding carboxylic acids is 1. The highest BCUT2D eigenvalue weighted by Gasteiger charge is 2.24. The van der Waals surface area contributed by atoms with Crippen molar-refractivity contribution in [2.45, 2.75) is 20.8 Å². The van der Waals surface area contributed by atoms with Crippen LogP contribution in [-0.2, 0) is 0 Å². The number of H-pyrrole nitrogens is 1. The molecule has 0 saturated heterocycles. The summed E-state index contributed by atoms with van der Waals surface area (Å²) in [5, 5.41) is 7.80. The summed E-state index contributed by atoms with van der Waals surface area (Å²) in [6.45, 7) is 5.76. The van der Waals surface area contributed by atoms with Gasteiger partial charge in [0.25, 0.3) is 0 Å². The molecule has 15 heavy (non-hydrogen) atoms. The van der Waals surface area contributed by atoms with Gasteiger partial charge in [0.05, 0.1) is 11.7 Å². The van der Waals surface area contributed by atoms with E-state index in [-0.39, 0.29) is 11.2 Å². The van der Waals surface area contributed by atoms with Crippen molar-refractivity contribution in [1.82, 2.24) is 10.2 Å². The van der Waals surface area contributed by atoms with E-state index in [0.717, 1.165) is 16.5 Å². The molecule has 0 fully saturated rings. The molecule has 0 aliphatic rings. The van der Waals surface area contributed by atoms with Crippen molar-refractivity contribution in [2.75, 3.05) is 0 Å². The molecule has 3 heteroatoms. The molecule has 3 nitrogen and oxygen atoms in total. The molecule has 0 aliphatic heterocycles. The molecule has 2 aromatic rings. The number of fused-ring (bicyclic) bond motifs is 1. The minimum Gasteiger partial charge on any atom is -0.294 e. The molecule has 0 bridgehead atoms. The third-order valence-corrected chi connectivity index (χ3v) is 2.40. The van der Waals surface area contributed by atoms with Gasteiger partial charge in [-0.15, -0.1) is 0 Å². The van der Waals surface area contributed by atoms with E-state index in [4.69, 9.17) is 0 Å². The average molecular weight is 202 g/mol. The van der Waals surface area contributed by atoms with E-state index in [0.29, 0.717) is 0 Å². The van der Waals surface area contributed by atoms with Gasteiger partial charge in [-0.05, 0) is 6.07 Å². The Labute approximate surface area is 88.5 Å². The molecule has 78 valence electrons. The average Bonchev–Trinajstić information content (AvgIpc) is 2.62. The summed E-state index contributed by atoms with van der Waals surface area (Å²) in [5.41, 5.74) is 1.19. The van der Waals surface area contributed by atoms with E-state index in [1.807, 2.05) is 39.0 Å². The second-order valence-electron chi connectivity index (χ2n) is 4.72. The lowest BCUT2D eigenvalue weighted by molar-refractivity contribution is 0.0860. The molecule has 0 aliphatic carbocycles. The molecule has 0 spiro atoms. The maximum absolute atomic E-state index is 12.1. The summed E-state index contributed by atoms with van der Waals surface area (Å²) in [5.74, 6) is 0.136. The smallest absolute Gasteiger partial charge is 0.170 e. The highest BCUT2D eigenvalue weighted by atomic mass is 16.1. The van der Waals surface area contributed by atoms with Crippen molar-refractivity contribution >= 4 is 16.7 Å². The van der Waals surface area contributed by atoms with Crippen molar-refractivity contribution in [3.05, 3.63) is 30.0 Å². The molecule has 1 aromatic carbocycles. The first kappa shape index (κ1) is 9.90. The first-order chi connectivity index (χ1) is 7.00. The number of hydrogen-bond acceptors (Lipinski definition) is 2. The predicted octanol–water partition coefficient (Wildman–Crippen LogP) is 2.79. The molecule has 0 atom stereocenters. The largest absolute Gasteiger partial charge is 0.294 e. The summed E-state index contributed by atoms with van der Waals surface area (Å²) in [7, 11) is 0. The van der Waals surface area contributed by atoms with Gasteiger partial charge < -0.3 is 0 Å². The van der Waals surface area contributed by atoms with E-state index in [9.17, 15) is 4.79 Å². The van der Waals surface area contributed by atoms with E-state index in [1.165, 1.54) is 0 Å². The van der Waals surface area contributed by atoms with Gasteiger partial charge in [-0.1, -0.05) is 32.9 Å². The number of ketones is 1. The van der Waals surface area contributed by atoms with Gasteiger partial charge in [0.2, 0.25) is 0 Å². The fourth-order valence-electron chi connectivity index (χ4n) is 1.56. The second kappa shape index (κ2) is 3.19. The molecule has 0 saturated carbocycles. The van der Waals surface area contributed by atoms with Crippen LogP contribution in [0.3, 0.4) is 0 Å². The Morgan fingerprint density at radius 2 is 2.07 bits per heavy atom. The predicted molar refractivity (Wildman–Crippen MR) is 59.9 cm³/mol. The molecule has 1 N–H and O–H groups in total. The minimum absolute atomic E-state index is 0.136. The van der Waals surface area contributed by atoms with Gasteiger partial charge in [0.15, 0.2) is 5.78 Å². The number of nitrogens with one attached hydrogen (secondary N) is 1. The molecule has 0 radical (unpaired) electrons. The van der Waals surface area contributed by atoms with Crippen molar-refractivity contribution < 1.29 is 4.79 Å². The molecular formula is C12H14N2O. The van der Waals surface area contributed by atoms with Crippen LogP contribution in [-0.4, -0.2) is 16.0 Å². The van der Waals surface area contributed by atoms with E-state index in [1.54, 1.807) is 6.20 Å². The summed E-state index contributed by atoms with van der Waals surface area (Å²) >= 11 is 0. The van der Waals surface area contributed by atoms with Gasteiger partial charge >= 0.3 is 0 Å². The normalized spacial score (nSPS) is 11.9. The van der Waals surface area contributed by atoms with Crippen LogP contribution in [0.15, 0.2) is 24.4 Å². The fraction of sp³-hybridized carbons (Fsp3) is 0.333. The topological polar surface area (TPSA) is 45.8 Å². The van der Waals surface area contributed by atoms with Gasteiger partial charge in [-0.25, -0.2) is 0 Å². The SMILES string of the molecule is CC(C)(C)C(=O)c1cccc2cn[nH]c12. The number of para-hydroxylation sites is 1. The van der Waals surface area contributed by atoms with Crippen LogP contribution in [0.1, 0.15) is 31.1 Å². The van der Waals surface area contributed by atoms with E-state index < -0.39 is 0 Å². The fourth-order valence-corrected chi connectivity index (χ4v) is 1.56. The molecule has 2 rings (SSSR count). The highest BCUT2D eigenvalue weighted by Crippen LogP contribution is 2.25. The van der Waals surface area contributed by atoms with Gasteiger partial charge in [0.1, 0.15) is 0 Å². The second-order valence-corrected chi connectivity index (χ2v) is 4.72. The number of aromatic amines is 1. The van der Waals surface area contributed by atoms with Crippen molar-refractivity contribution in [1.29, 1.82) is 0 Å². The molecule has 1 aromatic heterocycles. The maximum Gasteiger partial charge on any atom is 0.170 e. The lowest BCUT2D eigenvalue weighted by Crippen LogP contribution is -2.20. The Kier molecular flexibility index (Phi) is 2.11. The third-order valence-electron chi connectivity index (χ3n) is 2.40. The van der Waals surface area contributed by atoms with E-state index >= 15 is 0 Å². The number of nitrogens with zero attached hydrogens (tertiary/aromatic N) is 1. The number of benzene rings is 1. The zero-order valence-corrected chi connectivity index (χ0v) is 9.16. The Hall–Kier alpha value is -1.64. The molecule has 0 amide bonds. The molecular weight excluding hydrogens is 188 g/mol. The maximum atomic E-state index is 12.1. The quantitative estimate of drug-likeness (QED) is 0.723. The lowest BCUT2D eigenvalue weighted by Gasteiger charge is -2.16. The van der Waals surface area contributed by atoms with Gasteiger partial charge in [0, 0.05) is 16.4 Å². The van der Waals surface area contributed by atoms with Gasteiger partial charge in [-0.3, -0.25) is 9.89 Å². The number of Topliss-reactive ketones (excluding diaryl/α,β-unsaturated/α-hetero) is 1. The zero-order chi connectivity index (χ0) is 11.1. The Balaban J connectivity index is 2.62. The minimum atomic E-state index is -0.362. The van der Waals surface area contributed by atoms with Crippen LogP contribution < -0.4 is 0 Å². The zero-order valence-electron chi connectivity index (χ0n) is 9.16. The number of carbonyl (C=O) groups is 1. The van der Waals surface area contributed by atoms with Gasteiger partial charge in [-0.2, -0.15) is 5.10 Å². The Morgan fingerprint density at radius 3 is 2.73 bits per heavy atom. The lowest BCUT2D eigenvalue weighted by atomic mass is 9.86. The first-order valence-electron chi connectivity index (χ1n) is 4.97. The van der Waals surface area contributed by atoms with Crippen LogP contribution >= 0.6 is 0 Å². The van der Waals surface area contributed by atoms with Crippen molar-refractivity contribution in [2.24, 2.45) is 5.41 Å². The third kappa shape index (κ3) is 1.65. The first-order valence-corrected chi connectivity index (χ1v) is 4.97. The summed E-state index contributed by atoms with van der Waals surface area (Å²) < 4.78 is 0. The summed E-state index contributed by atoms with van der Waals surface area (Å²) in [6.07, 6.45) is 1.73. The molecule has 1 heterocycles. The standard InChI is InChI=1S/C12H14N2O/c1-12(2,3)11(15)9-6-4-5-8-7-13-14-10(8)9/h4-7H,1-3H3,(H,13,14). The van der Waals surface area contributed by atoms with Crippen LogP contribution in [0.2, 0.25) is 0 Å². The number of rotatable bonds is 1. The van der Waals surface area contributed by atoms with Crippen LogP contribution in [0.25, 0.3) is 10.9 Å². The van der Waals surface area contributed by atoms with Crippen LogP contribution in [0, 0.1) is 5.41 Å². The monoisotopic (exact) mass is 202 g/mol. The summed E-state index contributed by atoms with van der Waals surface area (Å²) in [4.78, 5) is 12.1. The van der Waals surface area contributed by atoms with Crippen molar-refractivity contribution in [3.8, 4) is 0 Å². The number of aromatic nitrogens is 2. The molecule has 0 unspecified atom stereocenters.